The number of anilines is 1. The molecule has 0 unspecified atom stereocenters. The van der Waals surface area contributed by atoms with E-state index in [1.165, 1.54) is 34.1 Å². The number of hydrogen-bond donors (Lipinski definition) is 2. The molecule has 3 N–H and O–H groups in total. The molecule has 3 rings (SSSR count). The van der Waals surface area contributed by atoms with Crippen molar-refractivity contribution in [2.75, 3.05) is 25.0 Å². The molecule has 2 saturated heterocycles. The van der Waals surface area contributed by atoms with E-state index < -0.39 is 17.0 Å². The summed E-state index contributed by atoms with van der Waals surface area (Å²) in [7, 11) is 0. The highest BCUT2D eigenvalue weighted by Gasteiger charge is 2.41. The second-order valence-corrected chi connectivity index (χ2v) is 6.93. The van der Waals surface area contributed by atoms with E-state index in [2.05, 4.69) is 5.32 Å². The van der Waals surface area contributed by atoms with Gasteiger partial charge < -0.3 is 20.9 Å². The summed E-state index contributed by atoms with van der Waals surface area (Å²) in [6.07, 6.45) is 2.52. The highest BCUT2D eigenvalue weighted by atomic mass is 16.6. The van der Waals surface area contributed by atoms with Crippen molar-refractivity contribution >= 4 is 29.1 Å². The van der Waals surface area contributed by atoms with Crippen LogP contribution in [0, 0.1) is 10.1 Å². The van der Waals surface area contributed by atoms with Gasteiger partial charge in [0.15, 0.2) is 0 Å². The van der Waals surface area contributed by atoms with Crippen LogP contribution in [0.25, 0.3) is 0 Å². The lowest BCUT2D eigenvalue weighted by molar-refractivity contribution is -0.384. The first-order valence-corrected chi connectivity index (χ1v) is 9.27. The van der Waals surface area contributed by atoms with Crippen LogP contribution in [0.15, 0.2) is 24.3 Å². The molecule has 2 aliphatic rings. The Bertz CT molecular complexity index is 781. The lowest BCUT2D eigenvalue weighted by Gasteiger charge is -2.30. The van der Waals surface area contributed by atoms with Crippen LogP contribution in [0.1, 0.15) is 25.7 Å². The van der Waals surface area contributed by atoms with Gasteiger partial charge in [0.2, 0.25) is 17.7 Å². The number of nitro benzene ring substituents is 1. The molecule has 28 heavy (non-hydrogen) atoms. The van der Waals surface area contributed by atoms with Crippen LogP contribution in [0.3, 0.4) is 0 Å². The SMILES string of the molecule is NCC(=O)N1CCC[C@H]1C(=O)N1CCC[C@H]1C(=O)Nc1ccc([N+](=O)[O-])cc1. The van der Waals surface area contributed by atoms with E-state index in [1.807, 2.05) is 0 Å². The Morgan fingerprint density at radius 1 is 1.07 bits per heavy atom. The molecule has 0 aliphatic carbocycles. The van der Waals surface area contributed by atoms with Gasteiger partial charge in [-0.3, -0.25) is 24.5 Å². The van der Waals surface area contributed by atoms with Gasteiger partial charge in [-0.1, -0.05) is 0 Å². The molecule has 3 amide bonds. The topological polar surface area (TPSA) is 139 Å². The zero-order valence-electron chi connectivity index (χ0n) is 15.4. The Morgan fingerprint density at radius 3 is 2.29 bits per heavy atom. The molecule has 150 valence electrons. The largest absolute Gasteiger partial charge is 0.330 e. The van der Waals surface area contributed by atoms with Crippen LogP contribution in [0.2, 0.25) is 0 Å². The number of likely N-dealkylation sites (tertiary alicyclic amines) is 2. The Balaban J connectivity index is 1.68. The summed E-state index contributed by atoms with van der Waals surface area (Å²) in [6, 6.07) is 4.33. The maximum atomic E-state index is 13.0. The summed E-state index contributed by atoms with van der Waals surface area (Å²) < 4.78 is 0. The van der Waals surface area contributed by atoms with E-state index in [9.17, 15) is 24.5 Å². The van der Waals surface area contributed by atoms with Crippen LogP contribution < -0.4 is 11.1 Å². The van der Waals surface area contributed by atoms with E-state index >= 15 is 0 Å². The molecule has 1 aromatic carbocycles. The molecule has 10 heteroatoms. The summed E-state index contributed by atoms with van der Waals surface area (Å²) in [4.78, 5) is 50.9. The normalized spacial score (nSPS) is 21.6. The van der Waals surface area contributed by atoms with Gasteiger partial charge in [-0.15, -0.1) is 0 Å². The molecule has 1 aromatic rings. The number of nitro groups is 1. The number of amides is 3. The fraction of sp³-hybridized carbons (Fsp3) is 0.500. The first-order chi connectivity index (χ1) is 13.4. The third-order valence-electron chi connectivity index (χ3n) is 5.22. The minimum Gasteiger partial charge on any atom is -0.330 e. The van der Waals surface area contributed by atoms with Gasteiger partial charge in [0.1, 0.15) is 12.1 Å². The number of carbonyl (C=O) groups excluding carboxylic acids is 3. The Kier molecular flexibility index (Phi) is 5.88. The molecule has 10 nitrogen and oxygen atoms in total. The smallest absolute Gasteiger partial charge is 0.269 e. The predicted octanol–water partition coefficient (Wildman–Crippen LogP) is 0.474. The molecule has 0 saturated carbocycles. The van der Waals surface area contributed by atoms with Crippen molar-refractivity contribution in [1.82, 2.24) is 9.80 Å². The maximum absolute atomic E-state index is 13.0. The molecule has 2 heterocycles. The van der Waals surface area contributed by atoms with Crippen molar-refractivity contribution in [3.8, 4) is 0 Å². The van der Waals surface area contributed by atoms with Gasteiger partial charge in [-0.2, -0.15) is 0 Å². The average Bonchev–Trinajstić information content (AvgIpc) is 3.36. The van der Waals surface area contributed by atoms with E-state index in [0.717, 1.165) is 6.42 Å². The monoisotopic (exact) mass is 389 g/mol. The zero-order chi connectivity index (χ0) is 20.3. The first-order valence-electron chi connectivity index (χ1n) is 9.27. The van der Waals surface area contributed by atoms with E-state index in [-0.39, 0.29) is 30.0 Å². The summed E-state index contributed by atoms with van der Waals surface area (Å²) in [5.41, 5.74) is 5.79. The van der Waals surface area contributed by atoms with E-state index in [1.54, 1.807) is 0 Å². The second kappa shape index (κ2) is 8.34. The lowest BCUT2D eigenvalue weighted by atomic mass is 10.1. The van der Waals surface area contributed by atoms with Gasteiger partial charge in [0, 0.05) is 30.9 Å². The second-order valence-electron chi connectivity index (χ2n) is 6.93. The molecule has 0 bridgehead atoms. The van der Waals surface area contributed by atoms with Gasteiger partial charge in [-0.25, -0.2) is 0 Å². The standard InChI is InChI=1S/C18H23N5O5/c19-11-16(24)21-9-2-4-15(21)18(26)22-10-1-3-14(22)17(25)20-12-5-7-13(8-6-12)23(27)28/h5-8,14-15H,1-4,9-11,19H2,(H,20,25)/t14-,15-/m0/s1. The Labute approximate surface area is 161 Å². The van der Waals surface area contributed by atoms with Crippen molar-refractivity contribution in [3.63, 3.8) is 0 Å². The highest BCUT2D eigenvalue weighted by Crippen LogP contribution is 2.26. The first kappa shape index (κ1) is 19.7. The summed E-state index contributed by atoms with van der Waals surface area (Å²) in [5, 5.41) is 13.4. The molecule has 0 aromatic heterocycles. The number of nitrogens with two attached hydrogens (primary N) is 1. The molecule has 2 aliphatic heterocycles. The lowest BCUT2D eigenvalue weighted by Crippen LogP contribution is -2.52. The Hall–Kier alpha value is -3.01. The number of rotatable bonds is 5. The number of non-ortho nitro benzene ring substituents is 1. The number of nitrogens with zero attached hydrogens (tertiary/aromatic N) is 3. The summed E-state index contributed by atoms with van der Waals surface area (Å²) in [6.45, 7) is 0.812. The molecule has 2 fully saturated rings. The number of benzene rings is 1. The third kappa shape index (κ3) is 3.96. The minimum atomic E-state index is -0.627. The fourth-order valence-corrected chi connectivity index (χ4v) is 3.83. The predicted molar refractivity (Wildman–Crippen MR) is 100 cm³/mol. The highest BCUT2D eigenvalue weighted by molar-refractivity contribution is 5.99. The van der Waals surface area contributed by atoms with Gasteiger partial charge >= 0.3 is 0 Å². The fourth-order valence-electron chi connectivity index (χ4n) is 3.83. The van der Waals surface area contributed by atoms with Crippen molar-refractivity contribution in [1.29, 1.82) is 0 Å². The number of carbonyl (C=O) groups is 3. The molecular formula is C18H23N5O5. The molecular weight excluding hydrogens is 366 g/mol. The quantitative estimate of drug-likeness (QED) is 0.554. The average molecular weight is 389 g/mol. The maximum Gasteiger partial charge on any atom is 0.269 e. The van der Waals surface area contributed by atoms with Crippen molar-refractivity contribution in [3.05, 3.63) is 34.4 Å². The molecule has 0 spiro atoms. The van der Waals surface area contributed by atoms with E-state index in [0.29, 0.717) is 38.0 Å². The van der Waals surface area contributed by atoms with Crippen LogP contribution in [-0.4, -0.2) is 64.2 Å². The van der Waals surface area contributed by atoms with Crippen molar-refractivity contribution in [2.45, 2.75) is 37.8 Å². The molecule has 0 radical (unpaired) electrons. The van der Waals surface area contributed by atoms with E-state index in [4.69, 9.17) is 5.73 Å². The van der Waals surface area contributed by atoms with Crippen LogP contribution >= 0.6 is 0 Å². The van der Waals surface area contributed by atoms with Gasteiger partial charge in [0.25, 0.3) is 5.69 Å². The minimum absolute atomic E-state index is 0.0680. The van der Waals surface area contributed by atoms with Crippen LogP contribution in [0.4, 0.5) is 11.4 Å². The van der Waals surface area contributed by atoms with Crippen molar-refractivity contribution in [2.24, 2.45) is 5.73 Å². The van der Waals surface area contributed by atoms with Crippen molar-refractivity contribution < 1.29 is 19.3 Å². The van der Waals surface area contributed by atoms with Gasteiger partial charge in [0.05, 0.1) is 11.5 Å². The third-order valence-corrected chi connectivity index (χ3v) is 5.22. The summed E-state index contributed by atoms with van der Waals surface area (Å²) >= 11 is 0. The summed E-state index contributed by atoms with van der Waals surface area (Å²) in [5.74, 6) is -0.822. The van der Waals surface area contributed by atoms with Crippen LogP contribution in [-0.2, 0) is 14.4 Å². The van der Waals surface area contributed by atoms with Gasteiger partial charge in [-0.05, 0) is 37.8 Å². The zero-order valence-corrected chi connectivity index (χ0v) is 15.4. The number of hydrogen-bond acceptors (Lipinski definition) is 6. The van der Waals surface area contributed by atoms with Crippen LogP contribution in [0.5, 0.6) is 0 Å². The Morgan fingerprint density at radius 2 is 1.68 bits per heavy atom. The molecule has 2 atom stereocenters. The number of nitrogens with one attached hydrogen (secondary N) is 1.